The lowest BCUT2D eigenvalue weighted by molar-refractivity contribution is -0.124. The molecule has 1 atom stereocenters. The largest absolute Gasteiger partial charge is 0.374 e. The molecule has 0 fully saturated rings. The maximum atomic E-state index is 11.5. The van der Waals surface area contributed by atoms with Crippen LogP contribution in [0.15, 0.2) is 30.3 Å². The van der Waals surface area contributed by atoms with Crippen molar-refractivity contribution in [3.8, 4) is 0 Å². The summed E-state index contributed by atoms with van der Waals surface area (Å²) in [7, 11) is 0. The molecule has 0 aliphatic rings. The number of ether oxygens (including phenoxy) is 1. The van der Waals surface area contributed by atoms with Gasteiger partial charge in [0.2, 0.25) is 0 Å². The summed E-state index contributed by atoms with van der Waals surface area (Å²) in [5.74, 6) is -0.0851. The topological polar surface area (TPSA) is 52.3 Å². The number of benzene rings is 1. The van der Waals surface area contributed by atoms with E-state index >= 15 is 0 Å². The number of ketones is 1. The zero-order chi connectivity index (χ0) is 10.4. The van der Waals surface area contributed by atoms with Gasteiger partial charge in [0.05, 0.1) is 6.04 Å². The Labute approximate surface area is 83.9 Å². The molecule has 0 saturated carbocycles. The molecule has 14 heavy (non-hydrogen) atoms. The van der Waals surface area contributed by atoms with Crippen molar-refractivity contribution in [3.63, 3.8) is 0 Å². The van der Waals surface area contributed by atoms with Crippen LogP contribution < -0.4 is 5.73 Å². The quantitative estimate of drug-likeness (QED) is 0.766. The van der Waals surface area contributed by atoms with Crippen molar-refractivity contribution in [1.29, 1.82) is 0 Å². The van der Waals surface area contributed by atoms with Crippen molar-refractivity contribution in [1.82, 2.24) is 0 Å². The smallest absolute Gasteiger partial charge is 0.179 e. The molecule has 3 nitrogen and oxygen atoms in total. The van der Waals surface area contributed by atoms with E-state index in [1.807, 2.05) is 37.3 Å². The minimum Gasteiger partial charge on any atom is -0.374 e. The first-order valence-electron chi connectivity index (χ1n) is 4.66. The molecular weight excluding hydrogens is 178 g/mol. The van der Waals surface area contributed by atoms with Gasteiger partial charge in [-0.15, -0.1) is 0 Å². The fraction of sp³-hybridized carbons (Fsp3) is 0.364. The molecule has 0 aromatic heterocycles. The number of carbonyl (C=O) groups excluding carboxylic acids is 1. The predicted octanol–water partition coefficient (Wildman–Crippen LogP) is 1.29. The third-order valence-corrected chi connectivity index (χ3v) is 1.95. The maximum Gasteiger partial charge on any atom is 0.179 e. The Morgan fingerprint density at radius 3 is 2.64 bits per heavy atom. The Bertz CT molecular complexity index is 285. The molecule has 0 unspecified atom stereocenters. The van der Waals surface area contributed by atoms with E-state index in [4.69, 9.17) is 10.5 Å². The number of nitrogens with two attached hydrogens (primary N) is 1. The molecule has 0 bridgehead atoms. The summed E-state index contributed by atoms with van der Waals surface area (Å²) in [5, 5.41) is 0. The first-order chi connectivity index (χ1) is 6.75. The van der Waals surface area contributed by atoms with E-state index in [1.165, 1.54) is 0 Å². The van der Waals surface area contributed by atoms with E-state index in [9.17, 15) is 4.79 Å². The second-order valence-electron chi connectivity index (χ2n) is 2.99. The second kappa shape index (κ2) is 5.52. The van der Waals surface area contributed by atoms with Gasteiger partial charge in [-0.05, 0) is 12.5 Å². The molecule has 1 rings (SSSR count). The summed E-state index contributed by atoms with van der Waals surface area (Å²) >= 11 is 0. The summed E-state index contributed by atoms with van der Waals surface area (Å²) in [6.07, 6.45) is 0. The molecule has 0 heterocycles. The van der Waals surface area contributed by atoms with E-state index in [0.717, 1.165) is 5.56 Å². The Balaban J connectivity index is 2.57. The summed E-state index contributed by atoms with van der Waals surface area (Å²) in [6, 6.07) is 8.74. The highest BCUT2D eigenvalue weighted by Crippen LogP contribution is 2.10. The monoisotopic (exact) mass is 193 g/mol. The van der Waals surface area contributed by atoms with Crippen molar-refractivity contribution in [2.45, 2.75) is 13.0 Å². The lowest BCUT2D eigenvalue weighted by atomic mass is 10.0. The minimum absolute atomic E-state index is 0.0851. The van der Waals surface area contributed by atoms with Gasteiger partial charge < -0.3 is 10.5 Å². The van der Waals surface area contributed by atoms with Crippen molar-refractivity contribution in [2.24, 2.45) is 5.73 Å². The highest BCUT2D eigenvalue weighted by molar-refractivity contribution is 5.86. The van der Waals surface area contributed by atoms with Gasteiger partial charge in [-0.2, -0.15) is 0 Å². The Morgan fingerprint density at radius 1 is 1.43 bits per heavy atom. The molecule has 1 aromatic rings. The van der Waals surface area contributed by atoms with Gasteiger partial charge in [0.1, 0.15) is 6.61 Å². The van der Waals surface area contributed by atoms with Gasteiger partial charge in [-0.1, -0.05) is 30.3 Å². The molecule has 0 amide bonds. The van der Waals surface area contributed by atoms with E-state index in [-0.39, 0.29) is 12.4 Å². The summed E-state index contributed by atoms with van der Waals surface area (Å²) in [5.41, 5.74) is 6.58. The SMILES string of the molecule is CCOCC(=O)[C@H](N)c1ccccc1. The highest BCUT2D eigenvalue weighted by atomic mass is 16.5. The van der Waals surface area contributed by atoms with Gasteiger partial charge in [0, 0.05) is 6.61 Å². The van der Waals surface area contributed by atoms with Crippen LogP contribution in [-0.2, 0) is 9.53 Å². The van der Waals surface area contributed by atoms with Crippen LogP contribution in [0.4, 0.5) is 0 Å². The van der Waals surface area contributed by atoms with Crippen LogP contribution in [0.3, 0.4) is 0 Å². The predicted molar refractivity (Wildman–Crippen MR) is 54.9 cm³/mol. The van der Waals surface area contributed by atoms with Crippen molar-refractivity contribution in [2.75, 3.05) is 13.2 Å². The Morgan fingerprint density at radius 2 is 2.07 bits per heavy atom. The average molecular weight is 193 g/mol. The van der Waals surface area contributed by atoms with Crippen LogP contribution in [0.2, 0.25) is 0 Å². The lowest BCUT2D eigenvalue weighted by Gasteiger charge is -2.10. The number of carbonyl (C=O) groups is 1. The maximum absolute atomic E-state index is 11.5. The Hall–Kier alpha value is -1.19. The van der Waals surface area contributed by atoms with E-state index < -0.39 is 6.04 Å². The van der Waals surface area contributed by atoms with Crippen molar-refractivity contribution < 1.29 is 9.53 Å². The summed E-state index contributed by atoms with van der Waals surface area (Å²) in [6.45, 7) is 2.47. The van der Waals surface area contributed by atoms with Crippen LogP contribution in [0, 0.1) is 0 Å². The van der Waals surface area contributed by atoms with E-state index in [2.05, 4.69) is 0 Å². The zero-order valence-electron chi connectivity index (χ0n) is 8.27. The molecule has 1 aromatic carbocycles. The second-order valence-corrected chi connectivity index (χ2v) is 2.99. The fourth-order valence-electron chi connectivity index (χ4n) is 1.14. The molecule has 0 spiro atoms. The van der Waals surface area contributed by atoms with Gasteiger partial charge in [0.15, 0.2) is 5.78 Å². The first kappa shape index (κ1) is 10.9. The Kier molecular flexibility index (Phi) is 4.29. The number of hydrogen-bond acceptors (Lipinski definition) is 3. The van der Waals surface area contributed by atoms with Crippen LogP contribution in [0.25, 0.3) is 0 Å². The van der Waals surface area contributed by atoms with Crippen LogP contribution in [-0.4, -0.2) is 19.0 Å². The molecule has 76 valence electrons. The molecule has 3 heteroatoms. The minimum atomic E-state index is -0.567. The summed E-state index contributed by atoms with van der Waals surface area (Å²) in [4.78, 5) is 11.5. The molecule has 0 aliphatic heterocycles. The van der Waals surface area contributed by atoms with Gasteiger partial charge in [-0.3, -0.25) is 4.79 Å². The third kappa shape index (κ3) is 2.94. The number of hydrogen-bond donors (Lipinski definition) is 1. The van der Waals surface area contributed by atoms with Crippen LogP contribution >= 0.6 is 0 Å². The number of Topliss-reactive ketones (excluding diaryl/α,β-unsaturated/α-hetero) is 1. The van der Waals surface area contributed by atoms with Crippen LogP contribution in [0.1, 0.15) is 18.5 Å². The first-order valence-corrected chi connectivity index (χ1v) is 4.66. The van der Waals surface area contributed by atoms with Crippen LogP contribution in [0.5, 0.6) is 0 Å². The molecular formula is C11H15NO2. The molecule has 0 saturated heterocycles. The van der Waals surface area contributed by atoms with E-state index in [1.54, 1.807) is 0 Å². The van der Waals surface area contributed by atoms with Gasteiger partial charge in [0.25, 0.3) is 0 Å². The number of rotatable bonds is 5. The molecule has 0 radical (unpaired) electrons. The standard InChI is InChI=1S/C11H15NO2/c1-2-14-8-10(13)11(12)9-6-4-3-5-7-9/h3-7,11H,2,8,12H2,1H3/t11-/m1/s1. The average Bonchev–Trinajstić information content (AvgIpc) is 2.26. The summed E-state index contributed by atoms with van der Waals surface area (Å²) < 4.78 is 5.01. The van der Waals surface area contributed by atoms with Gasteiger partial charge >= 0.3 is 0 Å². The van der Waals surface area contributed by atoms with Crippen molar-refractivity contribution >= 4 is 5.78 Å². The fourth-order valence-corrected chi connectivity index (χ4v) is 1.14. The lowest BCUT2D eigenvalue weighted by Crippen LogP contribution is -2.25. The highest BCUT2D eigenvalue weighted by Gasteiger charge is 2.14. The zero-order valence-corrected chi connectivity index (χ0v) is 8.27. The molecule has 2 N–H and O–H groups in total. The van der Waals surface area contributed by atoms with E-state index in [0.29, 0.717) is 6.61 Å². The van der Waals surface area contributed by atoms with Gasteiger partial charge in [-0.25, -0.2) is 0 Å². The van der Waals surface area contributed by atoms with Crippen molar-refractivity contribution in [3.05, 3.63) is 35.9 Å². The molecule has 0 aliphatic carbocycles. The third-order valence-electron chi connectivity index (χ3n) is 1.95. The normalized spacial score (nSPS) is 12.4.